The zero-order chi connectivity index (χ0) is 20.9. The SMILES string of the molecule is CC(C)c1ccc(S(=O)(=O)N2CCN(CCOc3ccc(C#N)cc3)CC2)cc1. The Morgan fingerprint density at radius 2 is 1.62 bits per heavy atom. The highest BCUT2D eigenvalue weighted by Gasteiger charge is 2.28. The summed E-state index contributed by atoms with van der Waals surface area (Å²) in [5.41, 5.74) is 1.74. The second kappa shape index (κ2) is 9.40. The van der Waals surface area contributed by atoms with Crippen molar-refractivity contribution in [3.63, 3.8) is 0 Å². The van der Waals surface area contributed by atoms with Crippen molar-refractivity contribution in [3.05, 3.63) is 59.7 Å². The van der Waals surface area contributed by atoms with E-state index in [9.17, 15) is 8.42 Å². The molecule has 0 aromatic heterocycles. The number of nitriles is 1. The maximum Gasteiger partial charge on any atom is 0.243 e. The third-order valence-electron chi connectivity index (χ3n) is 5.18. The lowest BCUT2D eigenvalue weighted by atomic mass is 10.0. The van der Waals surface area contributed by atoms with Crippen LogP contribution in [0, 0.1) is 11.3 Å². The summed E-state index contributed by atoms with van der Waals surface area (Å²) in [7, 11) is -3.45. The van der Waals surface area contributed by atoms with E-state index in [0.29, 0.717) is 49.2 Å². The molecule has 1 heterocycles. The van der Waals surface area contributed by atoms with Crippen LogP contribution in [0.1, 0.15) is 30.9 Å². The van der Waals surface area contributed by atoms with E-state index in [4.69, 9.17) is 10.00 Å². The van der Waals surface area contributed by atoms with E-state index in [1.165, 1.54) is 0 Å². The highest BCUT2D eigenvalue weighted by molar-refractivity contribution is 7.89. The fourth-order valence-corrected chi connectivity index (χ4v) is 4.71. The van der Waals surface area contributed by atoms with Crippen LogP contribution in [0.15, 0.2) is 53.4 Å². The lowest BCUT2D eigenvalue weighted by molar-refractivity contribution is 0.159. The Morgan fingerprint density at radius 1 is 1.00 bits per heavy atom. The van der Waals surface area contributed by atoms with Crippen LogP contribution >= 0.6 is 0 Å². The van der Waals surface area contributed by atoms with Gasteiger partial charge in [0.1, 0.15) is 12.4 Å². The molecule has 1 saturated heterocycles. The molecule has 2 aromatic rings. The first-order chi connectivity index (χ1) is 13.9. The van der Waals surface area contributed by atoms with Crippen LogP contribution in [0.5, 0.6) is 5.75 Å². The van der Waals surface area contributed by atoms with Gasteiger partial charge in [-0.25, -0.2) is 8.42 Å². The van der Waals surface area contributed by atoms with E-state index in [1.807, 2.05) is 12.1 Å². The van der Waals surface area contributed by atoms with Gasteiger partial charge in [0.2, 0.25) is 10.0 Å². The molecule has 2 aromatic carbocycles. The average Bonchev–Trinajstić information content (AvgIpc) is 2.74. The average molecular weight is 414 g/mol. The molecule has 0 bridgehead atoms. The molecule has 0 aliphatic carbocycles. The predicted molar refractivity (Wildman–Crippen MR) is 112 cm³/mol. The third kappa shape index (κ3) is 5.36. The zero-order valence-corrected chi connectivity index (χ0v) is 17.7. The minimum atomic E-state index is -3.45. The molecular weight excluding hydrogens is 386 g/mol. The Bertz CT molecular complexity index is 940. The topological polar surface area (TPSA) is 73.6 Å². The van der Waals surface area contributed by atoms with Gasteiger partial charge in [0, 0.05) is 32.7 Å². The lowest BCUT2D eigenvalue weighted by Crippen LogP contribution is -2.49. The Balaban J connectivity index is 1.48. The molecule has 0 saturated carbocycles. The highest BCUT2D eigenvalue weighted by Crippen LogP contribution is 2.21. The van der Waals surface area contributed by atoms with Crippen molar-refractivity contribution in [3.8, 4) is 11.8 Å². The number of rotatable bonds is 7. The molecule has 0 spiro atoms. The minimum absolute atomic E-state index is 0.361. The van der Waals surface area contributed by atoms with Crippen LogP contribution in [0.25, 0.3) is 0 Å². The van der Waals surface area contributed by atoms with Gasteiger partial charge < -0.3 is 4.74 Å². The Kier molecular flexibility index (Phi) is 6.91. The smallest absolute Gasteiger partial charge is 0.243 e. The van der Waals surface area contributed by atoms with Crippen molar-refractivity contribution in [2.75, 3.05) is 39.3 Å². The molecule has 0 amide bonds. The summed E-state index contributed by atoms with van der Waals surface area (Å²) in [5.74, 6) is 1.11. The normalized spacial score (nSPS) is 15.9. The van der Waals surface area contributed by atoms with Gasteiger partial charge in [0.25, 0.3) is 0 Å². The summed E-state index contributed by atoms with van der Waals surface area (Å²) in [5, 5.41) is 8.82. The molecule has 0 N–H and O–H groups in total. The zero-order valence-electron chi connectivity index (χ0n) is 16.9. The maximum absolute atomic E-state index is 12.9. The number of benzene rings is 2. The number of hydrogen-bond acceptors (Lipinski definition) is 5. The van der Waals surface area contributed by atoms with Gasteiger partial charge in [-0.05, 0) is 47.9 Å². The standard InChI is InChI=1S/C22H27N3O3S/c1-18(2)20-5-9-22(10-6-20)29(26,27)25-13-11-24(12-14-25)15-16-28-21-7-3-19(17-23)4-8-21/h3-10,18H,11-16H2,1-2H3. The van der Waals surface area contributed by atoms with Crippen LogP contribution in [0.2, 0.25) is 0 Å². The van der Waals surface area contributed by atoms with E-state index in [-0.39, 0.29) is 0 Å². The largest absolute Gasteiger partial charge is 0.492 e. The first-order valence-corrected chi connectivity index (χ1v) is 11.3. The van der Waals surface area contributed by atoms with Crippen molar-refractivity contribution in [2.45, 2.75) is 24.7 Å². The van der Waals surface area contributed by atoms with Crippen molar-refractivity contribution in [2.24, 2.45) is 0 Å². The van der Waals surface area contributed by atoms with Crippen molar-refractivity contribution in [1.29, 1.82) is 5.26 Å². The molecule has 154 valence electrons. The summed E-state index contributed by atoms with van der Waals surface area (Å²) in [6.07, 6.45) is 0. The van der Waals surface area contributed by atoms with E-state index < -0.39 is 10.0 Å². The second-order valence-corrected chi connectivity index (χ2v) is 9.39. The summed E-state index contributed by atoms with van der Waals surface area (Å²) < 4.78 is 33.1. The van der Waals surface area contributed by atoms with Crippen molar-refractivity contribution in [1.82, 2.24) is 9.21 Å². The molecule has 7 heteroatoms. The number of piperazine rings is 1. The van der Waals surface area contributed by atoms with E-state index >= 15 is 0 Å². The Morgan fingerprint density at radius 3 is 2.17 bits per heavy atom. The van der Waals surface area contributed by atoms with Gasteiger partial charge in [0.05, 0.1) is 16.5 Å². The predicted octanol–water partition coefficient (Wildman–Crippen LogP) is 3.07. The highest BCUT2D eigenvalue weighted by atomic mass is 32.2. The Labute approximate surface area is 173 Å². The first-order valence-electron chi connectivity index (χ1n) is 9.85. The molecule has 0 radical (unpaired) electrons. The summed E-state index contributed by atoms with van der Waals surface area (Å²) in [6.45, 7) is 7.75. The molecule has 0 atom stereocenters. The van der Waals surface area contributed by atoms with E-state index in [2.05, 4.69) is 24.8 Å². The Hall–Kier alpha value is -2.40. The van der Waals surface area contributed by atoms with Gasteiger partial charge in [-0.3, -0.25) is 4.90 Å². The van der Waals surface area contributed by atoms with E-state index in [0.717, 1.165) is 17.9 Å². The third-order valence-corrected chi connectivity index (χ3v) is 7.09. The molecule has 1 aliphatic rings. The minimum Gasteiger partial charge on any atom is -0.492 e. The molecule has 0 unspecified atom stereocenters. The molecule has 1 fully saturated rings. The van der Waals surface area contributed by atoms with E-state index in [1.54, 1.807) is 40.7 Å². The molecular formula is C22H27N3O3S. The van der Waals surface area contributed by atoms with Crippen LogP contribution in [0.4, 0.5) is 0 Å². The van der Waals surface area contributed by atoms with Crippen LogP contribution < -0.4 is 4.74 Å². The summed E-state index contributed by atoms with van der Waals surface area (Å²) in [6, 6.07) is 16.3. The fourth-order valence-electron chi connectivity index (χ4n) is 3.29. The van der Waals surface area contributed by atoms with Gasteiger partial charge in [-0.1, -0.05) is 26.0 Å². The first kappa shape index (κ1) is 21.3. The molecule has 1 aliphatic heterocycles. The van der Waals surface area contributed by atoms with Crippen LogP contribution in [0.3, 0.4) is 0 Å². The van der Waals surface area contributed by atoms with Crippen molar-refractivity contribution >= 4 is 10.0 Å². The number of ether oxygens (including phenoxy) is 1. The lowest BCUT2D eigenvalue weighted by Gasteiger charge is -2.33. The van der Waals surface area contributed by atoms with Crippen LogP contribution in [-0.4, -0.2) is 57.0 Å². The van der Waals surface area contributed by atoms with Gasteiger partial charge in [0.15, 0.2) is 0 Å². The summed E-state index contributed by atoms with van der Waals surface area (Å²) >= 11 is 0. The molecule has 3 rings (SSSR count). The second-order valence-electron chi connectivity index (χ2n) is 7.45. The van der Waals surface area contributed by atoms with Crippen LogP contribution in [-0.2, 0) is 10.0 Å². The monoisotopic (exact) mass is 413 g/mol. The van der Waals surface area contributed by atoms with Gasteiger partial charge >= 0.3 is 0 Å². The van der Waals surface area contributed by atoms with Gasteiger partial charge in [-0.15, -0.1) is 0 Å². The van der Waals surface area contributed by atoms with Crippen molar-refractivity contribution < 1.29 is 13.2 Å². The number of nitrogens with zero attached hydrogens (tertiary/aromatic N) is 3. The quantitative estimate of drug-likeness (QED) is 0.697. The number of sulfonamides is 1. The van der Waals surface area contributed by atoms with Gasteiger partial charge in [-0.2, -0.15) is 9.57 Å². The molecule has 29 heavy (non-hydrogen) atoms. The fraction of sp³-hybridized carbons (Fsp3) is 0.409. The summed E-state index contributed by atoms with van der Waals surface area (Å²) in [4.78, 5) is 2.57. The number of hydrogen-bond donors (Lipinski definition) is 0. The molecule has 6 nitrogen and oxygen atoms in total. The maximum atomic E-state index is 12.9.